The van der Waals surface area contributed by atoms with Crippen molar-refractivity contribution in [3.63, 3.8) is 0 Å². The second-order valence-corrected chi connectivity index (χ2v) is 5.00. The van der Waals surface area contributed by atoms with Gasteiger partial charge < -0.3 is 19.5 Å². The quantitative estimate of drug-likeness (QED) is 0.812. The van der Waals surface area contributed by atoms with Crippen LogP contribution in [0.4, 0.5) is 0 Å². The van der Waals surface area contributed by atoms with Gasteiger partial charge in [-0.2, -0.15) is 0 Å². The van der Waals surface area contributed by atoms with Crippen molar-refractivity contribution in [1.82, 2.24) is 4.90 Å². The van der Waals surface area contributed by atoms with Crippen LogP contribution in [0.15, 0.2) is 24.3 Å². The first-order chi connectivity index (χ1) is 10.0. The zero-order chi connectivity index (χ0) is 15.4. The molecule has 114 valence electrons. The van der Waals surface area contributed by atoms with E-state index in [1.54, 1.807) is 31.4 Å². The molecule has 1 aliphatic heterocycles. The van der Waals surface area contributed by atoms with Gasteiger partial charge in [-0.25, -0.2) is 4.79 Å². The topological polar surface area (TPSA) is 76.1 Å². The van der Waals surface area contributed by atoms with Crippen molar-refractivity contribution < 1.29 is 24.2 Å². The Morgan fingerprint density at radius 3 is 2.52 bits per heavy atom. The maximum absolute atomic E-state index is 12.3. The number of methoxy groups -OCH3 is 2. The summed E-state index contributed by atoms with van der Waals surface area (Å²) in [5.74, 6) is 0.0250. The van der Waals surface area contributed by atoms with Crippen molar-refractivity contribution in [3.05, 3.63) is 29.8 Å². The third kappa shape index (κ3) is 3.52. The van der Waals surface area contributed by atoms with Crippen molar-refractivity contribution in [3.8, 4) is 5.75 Å². The number of hydrogen-bond acceptors (Lipinski definition) is 5. The SMILES string of the molecule is COC(=O)C1CC(O)CN1C(=O)Cc1ccc(OC)cc1. The van der Waals surface area contributed by atoms with Gasteiger partial charge in [0.05, 0.1) is 26.7 Å². The van der Waals surface area contributed by atoms with Gasteiger partial charge >= 0.3 is 5.97 Å². The first-order valence-corrected chi connectivity index (χ1v) is 6.73. The zero-order valence-corrected chi connectivity index (χ0v) is 12.1. The number of aliphatic hydroxyl groups is 1. The molecule has 2 rings (SSSR count). The smallest absolute Gasteiger partial charge is 0.328 e. The van der Waals surface area contributed by atoms with Crippen LogP contribution in [0.25, 0.3) is 0 Å². The average Bonchev–Trinajstić information content (AvgIpc) is 2.89. The number of carbonyl (C=O) groups is 2. The summed E-state index contributed by atoms with van der Waals surface area (Å²) in [6, 6.07) is 6.46. The maximum atomic E-state index is 12.3. The molecule has 6 heteroatoms. The van der Waals surface area contributed by atoms with Crippen LogP contribution in [-0.4, -0.2) is 54.8 Å². The summed E-state index contributed by atoms with van der Waals surface area (Å²) in [6.07, 6.45) is -0.292. The van der Waals surface area contributed by atoms with Gasteiger partial charge in [-0.05, 0) is 17.7 Å². The molecule has 0 aromatic heterocycles. The molecule has 0 aliphatic carbocycles. The first-order valence-electron chi connectivity index (χ1n) is 6.73. The molecule has 2 atom stereocenters. The molecule has 1 N–H and O–H groups in total. The van der Waals surface area contributed by atoms with Crippen LogP contribution in [0.1, 0.15) is 12.0 Å². The highest BCUT2D eigenvalue weighted by molar-refractivity contribution is 5.86. The Labute approximate surface area is 123 Å². The van der Waals surface area contributed by atoms with Crippen LogP contribution in [-0.2, 0) is 20.7 Å². The van der Waals surface area contributed by atoms with Gasteiger partial charge in [0.1, 0.15) is 11.8 Å². The number of likely N-dealkylation sites (tertiary alicyclic amines) is 1. The molecule has 1 saturated heterocycles. The molecule has 1 aromatic carbocycles. The summed E-state index contributed by atoms with van der Waals surface area (Å²) in [6.45, 7) is 0.161. The van der Waals surface area contributed by atoms with Crippen LogP contribution in [0.2, 0.25) is 0 Å². The van der Waals surface area contributed by atoms with Gasteiger partial charge in [-0.15, -0.1) is 0 Å². The Morgan fingerprint density at radius 1 is 1.29 bits per heavy atom. The molecule has 0 saturated carbocycles. The maximum Gasteiger partial charge on any atom is 0.328 e. The second kappa shape index (κ2) is 6.58. The van der Waals surface area contributed by atoms with Gasteiger partial charge in [0.15, 0.2) is 0 Å². The summed E-state index contributed by atoms with van der Waals surface area (Å²) in [4.78, 5) is 25.4. The van der Waals surface area contributed by atoms with Crippen molar-refractivity contribution in [1.29, 1.82) is 0 Å². The van der Waals surface area contributed by atoms with Crippen LogP contribution >= 0.6 is 0 Å². The number of amides is 1. The minimum atomic E-state index is -0.698. The number of benzene rings is 1. The highest BCUT2D eigenvalue weighted by atomic mass is 16.5. The van der Waals surface area contributed by atoms with E-state index in [4.69, 9.17) is 4.74 Å². The Hall–Kier alpha value is -2.08. The predicted molar refractivity (Wildman–Crippen MR) is 74.8 cm³/mol. The van der Waals surface area contributed by atoms with Crippen molar-refractivity contribution in [2.45, 2.75) is 25.0 Å². The molecule has 1 heterocycles. The van der Waals surface area contributed by atoms with E-state index in [1.165, 1.54) is 12.0 Å². The van der Waals surface area contributed by atoms with Gasteiger partial charge in [-0.1, -0.05) is 12.1 Å². The van der Waals surface area contributed by atoms with Crippen molar-refractivity contribution in [2.24, 2.45) is 0 Å². The van der Waals surface area contributed by atoms with E-state index in [9.17, 15) is 14.7 Å². The Morgan fingerprint density at radius 2 is 1.95 bits per heavy atom. The molecule has 1 amide bonds. The number of aliphatic hydroxyl groups excluding tert-OH is 1. The fourth-order valence-corrected chi connectivity index (χ4v) is 2.47. The molecule has 2 unspecified atom stereocenters. The number of carbonyl (C=O) groups excluding carboxylic acids is 2. The Bertz CT molecular complexity index is 513. The molecular formula is C15H19NO5. The third-order valence-electron chi connectivity index (χ3n) is 3.59. The van der Waals surface area contributed by atoms with Gasteiger partial charge in [0, 0.05) is 13.0 Å². The normalized spacial score (nSPS) is 21.2. The fourth-order valence-electron chi connectivity index (χ4n) is 2.47. The average molecular weight is 293 g/mol. The van der Waals surface area contributed by atoms with E-state index in [0.29, 0.717) is 0 Å². The zero-order valence-electron chi connectivity index (χ0n) is 12.1. The monoisotopic (exact) mass is 293 g/mol. The lowest BCUT2D eigenvalue weighted by Crippen LogP contribution is -2.42. The lowest BCUT2D eigenvalue weighted by atomic mass is 10.1. The van der Waals surface area contributed by atoms with Gasteiger partial charge in [-0.3, -0.25) is 4.79 Å². The number of nitrogens with zero attached hydrogens (tertiary/aromatic N) is 1. The summed E-state index contributed by atoms with van der Waals surface area (Å²) >= 11 is 0. The third-order valence-corrected chi connectivity index (χ3v) is 3.59. The summed E-state index contributed by atoms with van der Waals surface area (Å²) in [5.41, 5.74) is 0.825. The van der Waals surface area contributed by atoms with Crippen molar-refractivity contribution in [2.75, 3.05) is 20.8 Å². The highest BCUT2D eigenvalue weighted by Crippen LogP contribution is 2.21. The second-order valence-electron chi connectivity index (χ2n) is 5.00. The number of rotatable bonds is 4. The molecule has 21 heavy (non-hydrogen) atoms. The van der Waals surface area contributed by atoms with Gasteiger partial charge in [0.2, 0.25) is 5.91 Å². The van der Waals surface area contributed by atoms with Crippen LogP contribution in [0.3, 0.4) is 0 Å². The fraction of sp³-hybridized carbons (Fsp3) is 0.467. The number of hydrogen-bond donors (Lipinski definition) is 1. The highest BCUT2D eigenvalue weighted by Gasteiger charge is 2.39. The lowest BCUT2D eigenvalue weighted by molar-refractivity contribution is -0.150. The number of esters is 1. The molecule has 0 bridgehead atoms. The molecule has 0 spiro atoms. The van der Waals surface area contributed by atoms with E-state index in [-0.39, 0.29) is 25.3 Å². The molecule has 1 aromatic rings. The number of ether oxygens (including phenoxy) is 2. The number of β-amino-alcohol motifs (C(OH)–C–C–N with tert-alkyl or cyclic N) is 1. The first kappa shape index (κ1) is 15.3. The Kier molecular flexibility index (Phi) is 4.80. The van der Waals surface area contributed by atoms with Crippen LogP contribution in [0, 0.1) is 0 Å². The summed E-state index contributed by atoms with van der Waals surface area (Å²) in [5, 5.41) is 9.68. The van der Waals surface area contributed by atoms with E-state index in [1.807, 2.05) is 0 Å². The molecule has 6 nitrogen and oxygen atoms in total. The summed E-state index contributed by atoms with van der Waals surface area (Å²) < 4.78 is 9.74. The lowest BCUT2D eigenvalue weighted by Gasteiger charge is -2.22. The molecular weight excluding hydrogens is 274 g/mol. The minimum absolute atomic E-state index is 0.161. The van der Waals surface area contributed by atoms with Crippen molar-refractivity contribution >= 4 is 11.9 Å². The molecule has 1 fully saturated rings. The Balaban J connectivity index is 2.05. The largest absolute Gasteiger partial charge is 0.497 e. The van der Waals surface area contributed by atoms with E-state index in [0.717, 1.165) is 11.3 Å². The van der Waals surface area contributed by atoms with E-state index < -0.39 is 18.1 Å². The summed E-state index contributed by atoms with van der Waals surface area (Å²) in [7, 11) is 2.85. The van der Waals surface area contributed by atoms with Crippen LogP contribution in [0.5, 0.6) is 5.75 Å². The predicted octanol–water partition coefficient (Wildman–Crippen LogP) is 0.372. The van der Waals surface area contributed by atoms with E-state index >= 15 is 0 Å². The minimum Gasteiger partial charge on any atom is -0.497 e. The standard InChI is InChI=1S/C15H19NO5/c1-20-12-5-3-10(4-6-12)7-14(18)16-9-11(17)8-13(16)15(19)21-2/h3-6,11,13,17H,7-9H2,1-2H3. The molecule has 1 aliphatic rings. The van der Waals surface area contributed by atoms with Gasteiger partial charge in [0.25, 0.3) is 0 Å². The van der Waals surface area contributed by atoms with Crippen LogP contribution < -0.4 is 4.74 Å². The molecule has 0 radical (unpaired) electrons. The van der Waals surface area contributed by atoms with E-state index in [2.05, 4.69) is 4.74 Å².